The Balaban J connectivity index is 3.18. The van der Waals surface area contributed by atoms with E-state index in [0.29, 0.717) is 8.58 Å². The molecule has 0 aromatic heterocycles. The maximum atomic E-state index is 3.36. The Morgan fingerprint density at radius 2 is 0.442 bits per heavy atom. The zero-order valence-corrected chi connectivity index (χ0v) is 31.0. The van der Waals surface area contributed by atoms with Crippen LogP contribution in [0.4, 0.5) is 0 Å². The molecule has 0 spiro atoms. The van der Waals surface area contributed by atoms with Crippen molar-refractivity contribution in [1.82, 2.24) is 0 Å². The predicted molar refractivity (Wildman–Crippen MR) is 201 cm³/mol. The van der Waals surface area contributed by atoms with Gasteiger partial charge in [0.05, 0.1) is 0 Å². The second-order valence-corrected chi connectivity index (χ2v) is 14.3. The topological polar surface area (TPSA) is 0 Å². The highest BCUT2D eigenvalue weighted by Crippen LogP contribution is 2.16. The van der Waals surface area contributed by atoms with Gasteiger partial charge in [0.1, 0.15) is 0 Å². The van der Waals surface area contributed by atoms with Crippen molar-refractivity contribution in [3.8, 4) is 23.2 Å². The monoisotopic (exact) mass is 615 g/mol. The van der Waals surface area contributed by atoms with Crippen LogP contribution in [0, 0.1) is 23.2 Å². The van der Waals surface area contributed by atoms with Crippen LogP contribution in [-0.4, -0.2) is 0 Å². The van der Waals surface area contributed by atoms with Gasteiger partial charge in [0, 0.05) is 21.4 Å². The van der Waals surface area contributed by atoms with E-state index in [4.69, 9.17) is 0 Å². The molecule has 43 heavy (non-hydrogen) atoms. The van der Waals surface area contributed by atoms with Gasteiger partial charge in [-0.15, -0.1) is 0 Å². The largest absolute Gasteiger partial charge is 0.0979 e. The molecule has 0 aromatic carbocycles. The second kappa shape index (κ2) is 41.5. The van der Waals surface area contributed by atoms with Gasteiger partial charge in [-0.05, 0) is 12.8 Å². The van der Waals surface area contributed by atoms with E-state index in [-0.39, 0.29) is 0 Å². The van der Waals surface area contributed by atoms with Crippen molar-refractivity contribution in [3.05, 3.63) is 0 Å². The summed E-state index contributed by atoms with van der Waals surface area (Å²) in [5, 5.41) is 0. The highest BCUT2D eigenvalue weighted by atomic mass is 31.1. The van der Waals surface area contributed by atoms with Gasteiger partial charge in [-0.1, -0.05) is 242 Å². The molecule has 0 amide bonds. The molecule has 0 N–H and O–H groups in total. The molecule has 0 saturated heterocycles. The molecule has 252 valence electrons. The van der Waals surface area contributed by atoms with Crippen LogP contribution in [0.25, 0.3) is 0 Å². The Kier molecular flexibility index (Phi) is 41.1. The lowest BCUT2D eigenvalue weighted by atomic mass is 10.0. The number of hydrogen-bond acceptors (Lipinski definition) is 0. The van der Waals surface area contributed by atoms with Gasteiger partial charge in [0.15, 0.2) is 0 Å². The smallest absolute Gasteiger partial charge is 0.0358 e. The quantitative estimate of drug-likeness (QED) is 0.0384. The molecule has 0 aliphatic rings. The summed E-state index contributed by atoms with van der Waals surface area (Å²) < 4.78 is 0. The van der Waals surface area contributed by atoms with Gasteiger partial charge < -0.3 is 0 Å². The van der Waals surface area contributed by atoms with Gasteiger partial charge in [0.2, 0.25) is 0 Å². The first-order valence-electron chi connectivity index (χ1n) is 20.1. The van der Waals surface area contributed by atoms with E-state index >= 15 is 0 Å². The van der Waals surface area contributed by atoms with E-state index in [1.165, 1.54) is 218 Å². The molecule has 1 heteroatoms. The van der Waals surface area contributed by atoms with E-state index in [2.05, 4.69) is 37.0 Å². The van der Waals surface area contributed by atoms with Crippen LogP contribution in [0.5, 0.6) is 0 Å². The molecule has 0 aliphatic heterocycles. The molecule has 0 fully saturated rings. The minimum Gasteiger partial charge on any atom is -0.0979 e. The molecule has 0 nitrogen and oxygen atoms in total. The zero-order valence-electron chi connectivity index (χ0n) is 30.0. The van der Waals surface area contributed by atoms with Crippen LogP contribution in [0.3, 0.4) is 0 Å². The summed E-state index contributed by atoms with van der Waals surface area (Å²) in [5.74, 6) is 6.72. The summed E-state index contributed by atoms with van der Waals surface area (Å²) in [6.07, 6.45) is 50.9. The molecule has 0 radical (unpaired) electrons. The average Bonchev–Trinajstić information content (AvgIpc) is 3.02. The van der Waals surface area contributed by atoms with Crippen molar-refractivity contribution in [2.24, 2.45) is 0 Å². The number of rotatable bonds is 34. The van der Waals surface area contributed by atoms with Crippen molar-refractivity contribution in [3.63, 3.8) is 0 Å². The summed E-state index contributed by atoms with van der Waals surface area (Å²) in [6.45, 7) is 4.61. The summed E-state index contributed by atoms with van der Waals surface area (Å²) >= 11 is 0. The maximum Gasteiger partial charge on any atom is 0.0358 e. The molecule has 0 aromatic rings. The fourth-order valence-corrected chi connectivity index (χ4v) is 6.61. The zero-order chi connectivity index (χ0) is 31.0. The van der Waals surface area contributed by atoms with E-state index in [9.17, 15) is 0 Å². The van der Waals surface area contributed by atoms with Crippen molar-refractivity contribution in [2.75, 3.05) is 0 Å². The van der Waals surface area contributed by atoms with E-state index in [1.54, 1.807) is 0 Å². The highest BCUT2D eigenvalue weighted by molar-refractivity contribution is 7.49. The van der Waals surface area contributed by atoms with Crippen LogP contribution >= 0.6 is 8.58 Å². The van der Waals surface area contributed by atoms with Crippen LogP contribution < -0.4 is 0 Å². The van der Waals surface area contributed by atoms with Gasteiger partial charge in [0.25, 0.3) is 0 Å². The maximum absolute atomic E-state index is 3.36. The lowest BCUT2D eigenvalue weighted by Gasteiger charge is -2.03. The Morgan fingerprint density at radius 3 is 0.651 bits per heavy atom. The summed E-state index contributed by atoms with van der Waals surface area (Å²) in [6, 6.07) is 0. The van der Waals surface area contributed by atoms with Crippen molar-refractivity contribution in [2.45, 2.75) is 245 Å². The van der Waals surface area contributed by atoms with Gasteiger partial charge in [-0.25, -0.2) is 0 Å². The Bertz CT molecular complexity index is 560. The first-order valence-corrected chi connectivity index (χ1v) is 21.1. The van der Waals surface area contributed by atoms with Crippen LogP contribution in [-0.2, 0) is 0 Å². The van der Waals surface area contributed by atoms with Crippen molar-refractivity contribution in [1.29, 1.82) is 0 Å². The fraction of sp³-hybridized carbons (Fsp3) is 0.905. The lowest BCUT2D eigenvalue weighted by Crippen LogP contribution is -1.83. The first-order chi connectivity index (χ1) is 21.4. The summed E-state index contributed by atoms with van der Waals surface area (Å²) in [7, 11) is 0.531. The molecule has 0 rings (SSSR count). The third kappa shape index (κ3) is 41.5. The molecular formula is C42H79P. The van der Waals surface area contributed by atoms with Gasteiger partial charge in [-0.3, -0.25) is 0 Å². The molecule has 0 unspecified atom stereocenters. The minimum absolute atomic E-state index is 0.531. The number of unbranched alkanes of at least 4 members (excludes halogenated alkanes) is 34. The summed E-state index contributed by atoms with van der Waals surface area (Å²) in [5.41, 5.74) is 6.61. The molecule has 0 saturated carbocycles. The van der Waals surface area contributed by atoms with Crippen molar-refractivity contribution < 1.29 is 0 Å². The average molecular weight is 615 g/mol. The Morgan fingerprint density at radius 1 is 0.256 bits per heavy atom. The molecular weight excluding hydrogens is 535 g/mol. The SMILES string of the molecule is CCCCCCCCCCCCCCCCCCCC#CPC#CCCCCCCCCCCCCCCCCCCC. The van der Waals surface area contributed by atoms with Crippen LogP contribution in [0.1, 0.15) is 245 Å². The third-order valence-electron chi connectivity index (χ3n) is 9.11. The van der Waals surface area contributed by atoms with Crippen LogP contribution in [0.2, 0.25) is 0 Å². The van der Waals surface area contributed by atoms with Gasteiger partial charge >= 0.3 is 0 Å². The minimum atomic E-state index is 0.531. The summed E-state index contributed by atoms with van der Waals surface area (Å²) in [4.78, 5) is 0. The van der Waals surface area contributed by atoms with Crippen molar-refractivity contribution >= 4 is 8.58 Å². The molecule has 0 aliphatic carbocycles. The fourth-order valence-electron chi connectivity index (χ4n) is 6.12. The Labute approximate surface area is 276 Å². The third-order valence-corrected chi connectivity index (χ3v) is 9.72. The number of hydrogen-bond donors (Lipinski definition) is 0. The molecule has 0 atom stereocenters. The van der Waals surface area contributed by atoms with E-state index in [1.807, 2.05) is 0 Å². The van der Waals surface area contributed by atoms with Crippen LogP contribution in [0.15, 0.2) is 0 Å². The second-order valence-electron chi connectivity index (χ2n) is 13.5. The normalized spacial score (nSPS) is 10.8. The first kappa shape index (κ1) is 42.6. The Hall–Kier alpha value is -0.450. The molecule has 0 bridgehead atoms. The van der Waals surface area contributed by atoms with Gasteiger partial charge in [-0.2, -0.15) is 0 Å². The lowest BCUT2D eigenvalue weighted by molar-refractivity contribution is 0.528. The highest BCUT2D eigenvalue weighted by Gasteiger charge is 1.96. The standard InChI is InChI=1S/C42H79P/c1-3-5-7-9-11-13-15-17-19-21-23-25-27-29-31-33-35-37-39-41-43-42-40-38-36-34-32-30-28-26-24-22-20-18-16-14-12-10-8-6-4-2/h43H,3-38H2,1-2H3. The molecule has 0 heterocycles. The van der Waals surface area contributed by atoms with E-state index < -0.39 is 0 Å². The van der Waals surface area contributed by atoms with E-state index in [0.717, 1.165) is 12.8 Å². The predicted octanol–water partition coefficient (Wildman–Crippen LogP) is 15.7.